The molecular weight excluding hydrogens is 227 g/mol. The zero-order chi connectivity index (χ0) is 12.8. The fourth-order valence-corrected chi connectivity index (χ4v) is 1.38. The van der Waals surface area contributed by atoms with Gasteiger partial charge < -0.3 is 9.84 Å². The van der Waals surface area contributed by atoms with E-state index in [4.69, 9.17) is 9.84 Å². The van der Waals surface area contributed by atoms with E-state index in [9.17, 15) is 14.0 Å². The molecule has 0 fully saturated rings. The Morgan fingerprint density at radius 2 is 2.06 bits per heavy atom. The van der Waals surface area contributed by atoms with Crippen LogP contribution < -0.4 is 0 Å². The van der Waals surface area contributed by atoms with Crippen LogP contribution in [0.4, 0.5) is 4.39 Å². The van der Waals surface area contributed by atoms with Gasteiger partial charge in [-0.25, -0.2) is 9.18 Å². The van der Waals surface area contributed by atoms with E-state index in [-0.39, 0.29) is 25.0 Å². The fourth-order valence-electron chi connectivity index (χ4n) is 1.38. The minimum absolute atomic E-state index is 0.104. The molecule has 1 aromatic rings. The van der Waals surface area contributed by atoms with E-state index in [2.05, 4.69) is 0 Å². The molecule has 0 aliphatic carbocycles. The lowest BCUT2D eigenvalue weighted by molar-refractivity contribution is -0.136. The van der Waals surface area contributed by atoms with Gasteiger partial charge in [-0.3, -0.25) is 4.79 Å². The van der Waals surface area contributed by atoms with Crippen molar-refractivity contribution in [2.24, 2.45) is 0 Å². The summed E-state index contributed by atoms with van der Waals surface area (Å²) >= 11 is 0. The van der Waals surface area contributed by atoms with Crippen LogP contribution in [0.15, 0.2) is 18.2 Å². The van der Waals surface area contributed by atoms with Crippen LogP contribution in [0.2, 0.25) is 0 Å². The second kappa shape index (κ2) is 5.98. The van der Waals surface area contributed by atoms with Gasteiger partial charge in [0.1, 0.15) is 5.82 Å². The predicted octanol–water partition coefficient (Wildman–Crippen LogP) is 2.02. The Hall–Kier alpha value is -1.91. The number of halogens is 1. The molecule has 0 unspecified atom stereocenters. The molecule has 0 saturated heterocycles. The second-order valence-electron chi connectivity index (χ2n) is 3.46. The molecule has 0 bridgehead atoms. The van der Waals surface area contributed by atoms with Crippen LogP contribution in [0.3, 0.4) is 0 Å². The quantitative estimate of drug-likeness (QED) is 0.800. The third-order valence-electron chi connectivity index (χ3n) is 2.10. The molecule has 5 heteroatoms. The van der Waals surface area contributed by atoms with E-state index < -0.39 is 17.8 Å². The van der Waals surface area contributed by atoms with Crippen LogP contribution in [0.5, 0.6) is 0 Å². The number of aryl methyl sites for hydroxylation is 1. The number of ether oxygens (including phenoxy) is 1. The molecule has 1 rings (SSSR count). The first-order chi connectivity index (χ1) is 8.02. The lowest BCUT2D eigenvalue weighted by Crippen LogP contribution is -2.06. The molecule has 17 heavy (non-hydrogen) atoms. The highest BCUT2D eigenvalue weighted by Gasteiger charge is 2.10. The summed E-state index contributed by atoms with van der Waals surface area (Å²) in [5.74, 6) is -2.15. The van der Waals surface area contributed by atoms with Crippen molar-refractivity contribution in [1.82, 2.24) is 0 Å². The Bertz CT molecular complexity index is 429. The third kappa shape index (κ3) is 4.22. The lowest BCUT2D eigenvalue weighted by atomic mass is 10.1. The van der Waals surface area contributed by atoms with E-state index in [1.165, 1.54) is 12.1 Å². The predicted molar refractivity (Wildman–Crippen MR) is 58.3 cm³/mol. The number of carboxylic acid groups (broad SMARTS) is 1. The molecule has 0 aromatic heterocycles. The number of carbonyl (C=O) groups excluding carboxylic acids is 1. The van der Waals surface area contributed by atoms with Crippen molar-refractivity contribution in [2.45, 2.75) is 19.8 Å². The summed E-state index contributed by atoms with van der Waals surface area (Å²) in [6, 6.07) is 3.73. The van der Waals surface area contributed by atoms with Crippen molar-refractivity contribution in [3.8, 4) is 0 Å². The normalized spacial score (nSPS) is 10.0. The third-order valence-corrected chi connectivity index (χ3v) is 2.10. The van der Waals surface area contributed by atoms with Crippen molar-refractivity contribution in [1.29, 1.82) is 0 Å². The largest absolute Gasteiger partial charge is 0.481 e. The Morgan fingerprint density at radius 1 is 1.35 bits per heavy atom. The molecule has 0 amide bonds. The molecule has 0 saturated carbocycles. The number of hydrogen-bond acceptors (Lipinski definition) is 3. The van der Waals surface area contributed by atoms with E-state index in [1.807, 2.05) is 0 Å². The topological polar surface area (TPSA) is 63.6 Å². The minimum atomic E-state index is -0.966. The Morgan fingerprint density at radius 3 is 2.65 bits per heavy atom. The average Bonchev–Trinajstić information content (AvgIpc) is 2.26. The van der Waals surface area contributed by atoms with Crippen LogP contribution >= 0.6 is 0 Å². The molecule has 0 atom stereocenters. The first kappa shape index (κ1) is 13.2. The highest BCUT2D eigenvalue weighted by atomic mass is 19.1. The molecule has 1 N–H and O–H groups in total. The summed E-state index contributed by atoms with van der Waals surface area (Å²) in [7, 11) is 0. The zero-order valence-corrected chi connectivity index (χ0v) is 9.40. The summed E-state index contributed by atoms with van der Waals surface area (Å²) in [4.78, 5) is 21.8. The van der Waals surface area contributed by atoms with E-state index in [0.29, 0.717) is 5.56 Å². The molecule has 0 aliphatic rings. The van der Waals surface area contributed by atoms with Crippen LogP contribution in [0.1, 0.15) is 29.3 Å². The molecule has 4 nitrogen and oxygen atoms in total. The smallest absolute Gasteiger partial charge is 0.338 e. The number of aliphatic carboxylic acids is 1. The standard InChI is InChI=1S/C12H13FO4/c1-2-17-12(16)9-5-8(3-4-11(14)15)6-10(13)7-9/h5-7H,2-4H2,1H3,(H,14,15). The van der Waals surface area contributed by atoms with Gasteiger partial charge in [0.25, 0.3) is 0 Å². The zero-order valence-electron chi connectivity index (χ0n) is 9.40. The average molecular weight is 240 g/mol. The number of carbonyl (C=O) groups is 2. The highest BCUT2D eigenvalue weighted by Crippen LogP contribution is 2.12. The summed E-state index contributed by atoms with van der Waals surface area (Å²) < 4.78 is 17.9. The maximum absolute atomic E-state index is 13.2. The Balaban J connectivity index is 2.86. The van der Waals surface area contributed by atoms with Crippen LogP contribution in [-0.4, -0.2) is 23.7 Å². The molecule has 92 valence electrons. The van der Waals surface area contributed by atoms with Crippen molar-refractivity contribution < 1.29 is 23.8 Å². The fraction of sp³-hybridized carbons (Fsp3) is 0.333. The SMILES string of the molecule is CCOC(=O)c1cc(F)cc(CCC(=O)O)c1. The van der Waals surface area contributed by atoms with Gasteiger partial charge >= 0.3 is 11.9 Å². The minimum Gasteiger partial charge on any atom is -0.481 e. The number of rotatable bonds is 5. The van der Waals surface area contributed by atoms with Crippen molar-refractivity contribution in [3.05, 3.63) is 35.1 Å². The molecule has 1 aromatic carbocycles. The first-order valence-electron chi connectivity index (χ1n) is 5.21. The maximum atomic E-state index is 13.2. The van der Waals surface area contributed by atoms with E-state index in [1.54, 1.807) is 6.92 Å². The van der Waals surface area contributed by atoms with E-state index >= 15 is 0 Å². The van der Waals surface area contributed by atoms with Gasteiger partial charge in [-0.1, -0.05) is 0 Å². The highest BCUT2D eigenvalue weighted by molar-refractivity contribution is 5.89. The van der Waals surface area contributed by atoms with Gasteiger partial charge in [-0.15, -0.1) is 0 Å². The molecule has 0 spiro atoms. The maximum Gasteiger partial charge on any atom is 0.338 e. The molecule has 0 aliphatic heterocycles. The molecule has 0 radical (unpaired) electrons. The summed E-state index contributed by atoms with van der Waals surface area (Å²) in [6.07, 6.45) is 0.0746. The van der Waals surface area contributed by atoms with Gasteiger partial charge in [-0.05, 0) is 37.1 Å². The second-order valence-corrected chi connectivity index (χ2v) is 3.46. The van der Waals surface area contributed by atoms with Crippen molar-refractivity contribution in [2.75, 3.05) is 6.61 Å². The van der Waals surface area contributed by atoms with Crippen molar-refractivity contribution in [3.63, 3.8) is 0 Å². The van der Waals surface area contributed by atoms with Gasteiger partial charge in [-0.2, -0.15) is 0 Å². The molecular formula is C12H13FO4. The van der Waals surface area contributed by atoms with Crippen LogP contribution in [0.25, 0.3) is 0 Å². The number of benzene rings is 1. The van der Waals surface area contributed by atoms with E-state index in [0.717, 1.165) is 6.07 Å². The number of hydrogen-bond donors (Lipinski definition) is 1. The number of carboxylic acids is 1. The Labute approximate surface area is 98.0 Å². The monoisotopic (exact) mass is 240 g/mol. The summed E-state index contributed by atoms with van der Waals surface area (Å²) in [6.45, 7) is 1.86. The molecule has 0 heterocycles. The van der Waals surface area contributed by atoms with Crippen LogP contribution in [0, 0.1) is 5.82 Å². The summed E-state index contributed by atoms with van der Waals surface area (Å²) in [5.41, 5.74) is 0.572. The van der Waals surface area contributed by atoms with Gasteiger partial charge in [0, 0.05) is 6.42 Å². The van der Waals surface area contributed by atoms with Crippen LogP contribution in [-0.2, 0) is 16.0 Å². The van der Waals surface area contributed by atoms with Gasteiger partial charge in [0.15, 0.2) is 0 Å². The van der Waals surface area contributed by atoms with Crippen molar-refractivity contribution >= 4 is 11.9 Å². The summed E-state index contributed by atoms with van der Waals surface area (Å²) in [5, 5.41) is 8.52. The Kier molecular flexibility index (Phi) is 4.63. The lowest BCUT2D eigenvalue weighted by Gasteiger charge is -2.05. The first-order valence-corrected chi connectivity index (χ1v) is 5.21. The number of esters is 1. The van der Waals surface area contributed by atoms with Gasteiger partial charge in [0.05, 0.1) is 12.2 Å². The van der Waals surface area contributed by atoms with Gasteiger partial charge in [0.2, 0.25) is 0 Å².